The number of urea groups is 1. The summed E-state index contributed by atoms with van der Waals surface area (Å²) in [5.74, 6) is 0.819. The predicted octanol–water partition coefficient (Wildman–Crippen LogP) is 5.99. The van der Waals surface area contributed by atoms with Crippen LogP contribution in [0.1, 0.15) is 11.1 Å². The number of carbonyl (C=O) groups is 1. The summed E-state index contributed by atoms with van der Waals surface area (Å²) in [5.41, 5.74) is 4.35. The van der Waals surface area contributed by atoms with E-state index in [2.05, 4.69) is 42.0 Å². The van der Waals surface area contributed by atoms with Gasteiger partial charge in [0.25, 0.3) is 0 Å². The molecule has 0 spiro atoms. The third kappa shape index (κ3) is 5.37. The fraction of sp³-hybridized carbons (Fsp3) is 0.0370. The number of rotatable bonds is 6. The van der Waals surface area contributed by atoms with E-state index in [9.17, 15) is 9.90 Å². The maximum Gasteiger partial charge on any atom is 0.323 e. The molecule has 2 aromatic heterocycles. The number of phenols is 1. The van der Waals surface area contributed by atoms with Crippen LogP contribution < -0.4 is 16.0 Å². The summed E-state index contributed by atoms with van der Waals surface area (Å²) in [6.07, 6.45) is 1.66. The van der Waals surface area contributed by atoms with E-state index in [0.29, 0.717) is 46.2 Å². The Hall–Kier alpha value is -4.88. The summed E-state index contributed by atoms with van der Waals surface area (Å²) >= 11 is 3.49. The second-order valence-electron chi connectivity index (χ2n) is 8.10. The van der Waals surface area contributed by atoms with Crippen molar-refractivity contribution in [3.63, 3.8) is 0 Å². The highest BCUT2D eigenvalue weighted by molar-refractivity contribution is 9.10. The monoisotopic (exact) mass is 553 g/mol. The highest BCUT2D eigenvalue weighted by Gasteiger charge is 2.14. The van der Waals surface area contributed by atoms with Crippen molar-refractivity contribution in [1.29, 1.82) is 5.26 Å². The van der Waals surface area contributed by atoms with Crippen LogP contribution in [0.3, 0.4) is 0 Å². The standard InChI is InChI=1S/C27H20BrN7O2/c28-22-16-31-35-25(13-23(34-26(22)35)21-9-1-2-10-24(21)36)30-15-18-6-4-8-20(12-18)33-27(37)32-19-7-3-5-17(11-19)14-29/h1-13,16,30,36H,15H2,(H2,32,33,37). The smallest absolute Gasteiger partial charge is 0.323 e. The average molecular weight is 554 g/mol. The Balaban J connectivity index is 1.33. The number of phenolic OH excluding ortho intramolecular Hbond substituents is 1. The number of para-hydroxylation sites is 1. The van der Waals surface area contributed by atoms with Gasteiger partial charge in [0.05, 0.1) is 28.0 Å². The molecule has 5 aromatic rings. The molecule has 0 saturated carbocycles. The number of hydrogen-bond acceptors (Lipinski definition) is 6. The number of carbonyl (C=O) groups excluding carboxylic acids is 1. The Morgan fingerprint density at radius 1 is 1.00 bits per heavy atom. The fourth-order valence-corrected chi connectivity index (χ4v) is 4.15. The molecule has 0 aliphatic carbocycles. The molecule has 5 rings (SSSR count). The van der Waals surface area contributed by atoms with Crippen LogP contribution in [0.15, 0.2) is 89.5 Å². The second kappa shape index (κ2) is 10.4. The van der Waals surface area contributed by atoms with E-state index >= 15 is 0 Å². The Labute approximate surface area is 220 Å². The average Bonchev–Trinajstić information content (AvgIpc) is 3.28. The van der Waals surface area contributed by atoms with E-state index in [1.807, 2.05) is 36.4 Å². The van der Waals surface area contributed by atoms with Gasteiger partial charge >= 0.3 is 6.03 Å². The van der Waals surface area contributed by atoms with Gasteiger partial charge in [0.15, 0.2) is 5.65 Å². The number of nitrogens with one attached hydrogen (secondary N) is 3. The maximum absolute atomic E-state index is 12.5. The molecule has 4 N–H and O–H groups in total. The summed E-state index contributed by atoms with van der Waals surface area (Å²) < 4.78 is 2.41. The molecule has 0 unspecified atom stereocenters. The van der Waals surface area contributed by atoms with Crippen molar-refractivity contribution in [2.75, 3.05) is 16.0 Å². The van der Waals surface area contributed by atoms with Crippen molar-refractivity contribution < 1.29 is 9.90 Å². The largest absolute Gasteiger partial charge is 0.507 e. The highest BCUT2D eigenvalue weighted by Crippen LogP contribution is 2.31. The summed E-state index contributed by atoms with van der Waals surface area (Å²) in [6.45, 7) is 0.443. The quantitative estimate of drug-likeness (QED) is 0.204. The Morgan fingerprint density at radius 3 is 2.54 bits per heavy atom. The minimum absolute atomic E-state index is 0.136. The zero-order chi connectivity index (χ0) is 25.8. The molecule has 37 heavy (non-hydrogen) atoms. The first-order chi connectivity index (χ1) is 18.0. The normalized spacial score (nSPS) is 10.6. The number of anilines is 3. The van der Waals surface area contributed by atoms with Crippen LogP contribution in [0.5, 0.6) is 5.75 Å². The number of nitriles is 1. The lowest BCUT2D eigenvalue weighted by Gasteiger charge is -2.13. The first-order valence-corrected chi connectivity index (χ1v) is 12.0. The number of hydrogen-bond donors (Lipinski definition) is 4. The van der Waals surface area contributed by atoms with Crippen LogP contribution in [0.2, 0.25) is 0 Å². The molecule has 0 fully saturated rings. The van der Waals surface area contributed by atoms with E-state index < -0.39 is 6.03 Å². The van der Waals surface area contributed by atoms with E-state index in [4.69, 9.17) is 5.26 Å². The lowest BCUT2D eigenvalue weighted by molar-refractivity contribution is 0.262. The molecular formula is C27H20BrN7O2. The van der Waals surface area contributed by atoms with Crippen molar-refractivity contribution in [3.8, 4) is 23.1 Å². The maximum atomic E-state index is 12.5. The third-order valence-corrected chi connectivity index (χ3v) is 6.08. The number of fused-ring (bicyclic) bond motifs is 1. The summed E-state index contributed by atoms with van der Waals surface area (Å²) in [6, 6.07) is 24.6. The molecule has 0 saturated heterocycles. The van der Waals surface area contributed by atoms with E-state index in [1.165, 1.54) is 0 Å². The molecule has 2 heterocycles. The minimum atomic E-state index is -0.412. The molecule has 0 bridgehead atoms. The first-order valence-electron chi connectivity index (χ1n) is 11.2. The summed E-state index contributed by atoms with van der Waals surface area (Å²) in [7, 11) is 0. The van der Waals surface area contributed by atoms with Crippen LogP contribution in [-0.4, -0.2) is 25.7 Å². The van der Waals surface area contributed by atoms with Crippen molar-refractivity contribution in [2.24, 2.45) is 0 Å². The van der Waals surface area contributed by atoms with Gasteiger partial charge in [-0.2, -0.15) is 14.9 Å². The van der Waals surface area contributed by atoms with Gasteiger partial charge in [-0.15, -0.1) is 0 Å². The van der Waals surface area contributed by atoms with Gasteiger partial charge < -0.3 is 21.1 Å². The SMILES string of the molecule is N#Cc1cccc(NC(=O)Nc2cccc(CNc3cc(-c4ccccc4O)nc4c(Br)cnn34)c2)c1. The van der Waals surface area contributed by atoms with Crippen molar-refractivity contribution in [3.05, 3.63) is 101 Å². The van der Waals surface area contributed by atoms with Crippen LogP contribution in [-0.2, 0) is 6.54 Å². The van der Waals surface area contributed by atoms with Gasteiger partial charge in [-0.05, 0) is 64.0 Å². The van der Waals surface area contributed by atoms with E-state index in [1.54, 1.807) is 59.2 Å². The first kappa shape index (κ1) is 23.8. The molecule has 182 valence electrons. The molecule has 2 amide bonds. The zero-order valence-electron chi connectivity index (χ0n) is 19.3. The number of nitrogens with zero attached hydrogens (tertiary/aromatic N) is 4. The molecule has 10 heteroatoms. The Kier molecular flexibility index (Phi) is 6.70. The third-order valence-electron chi connectivity index (χ3n) is 5.52. The summed E-state index contributed by atoms with van der Waals surface area (Å²) in [4.78, 5) is 17.1. The summed E-state index contributed by atoms with van der Waals surface area (Å²) in [5, 5.41) is 32.7. The van der Waals surface area contributed by atoms with Crippen LogP contribution in [0.25, 0.3) is 16.9 Å². The second-order valence-corrected chi connectivity index (χ2v) is 8.95. The minimum Gasteiger partial charge on any atom is -0.507 e. The van der Waals surface area contributed by atoms with E-state index in [0.717, 1.165) is 10.0 Å². The molecule has 0 aliphatic heterocycles. The van der Waals surface area contributed by atoms with Crippen LogP contribution in [0, 0.1) is 11.3 Å². The molecular weight excluding hydrogens is 534 g/mol. The Bertz CT molecular complexity index is 1660. The molecule has 0 aliphatic rings. The molecule has 3 aromatic carbocycles. The molecule has 0 radical (unpaired) electrons. The zero-order valence-corrected chi connectivity index (χ0v) is 20.9. The number of halogens is 1. The number of aromatic hydroxyl groups is 1. The lowest BCUT2D eigenvalue weighted by atomic mass is 10.1. The van der Waals surface area contributed by atoms with Crippen molar-refractivity contribution in [2.45, 2.75) is 6.54 Å². The van der Waals surface area contributed by atoms with Gasteiger partial charge in [0.1, 0.15) is 11.6 Å². The number of benzene rings is 3. The molecule has 9 nitrogen and oxygen atoms in total. The highest BCUT2D eigenvalue weighted by atomic mass is 79.9. The van der Waals surface area contributed by atoms with Crippen molar-refractivity contribution >= 4 is 44.8 Å². The van der Waals surface area contributed by atoms with Gasteiger partial charge in [0.2, 0.25) is 0 Å². The van der Waals surface area contributed by atoms with Gasteiger partial charge in [-0.1, -0.05) is 30.3 Å². The predicted molar refractivity (Wildman–Crippen MR) is 145 cm³/mol. The van der Waals surface area contributed by atoms with Gasteiger partial charge in [-0.25, -0.2) is 9.78 Å². The van der Waals surface area contributed by atoms with Gasteiger partial charge in [0, 0.05) is 29.5 Å². The van der Waals surface area contributed by atoms with E-state index in [-0.39, 0.29) is 5.75 Å². The fourth-order valence-electron chi connectivity index (χ4n) is 3.80. The Morgan fingerprint density at radius 2 is 1.76 bits per heavy atom. The molecule has 0 atom stereocenters. The number of aromatic nitrogens is 3. The topological polar surface area (TPSA) is 127 Å². The number of amides is 2. The lowest BCUT2D eigenvalue weighted by Crippen LogP contribution is -2.19. The van der Waals surface area contributed by atoms with Crippen LogP contribution in [0.4, 0.5) is 22.0 Å². The van der Waals surface area contributed by atoms with Gasteiger partial charge in [-0.3, -0.25) is 0 Å². The van der Waals surface area contributed by atoms with Crippen LogP contribution >= 0.6 is 15.9 Å². The van der Waals surface area contributed by atoms with Crippen molar-refractivity contribution in [1.82, 2.24) is 14.6 Å².